The van der Waals surface area contributed by atoms with Gasteiger partial charge in [0.15, 0.2) is 0 Å². The second kappa shape index (κ2) is 5.09. The summed E-state index contributed by atoms with van der Waals surface area (Å²) in [5, 5.41) is 7.50. The summed E-state index contributed by atoms with van der Waals surface area (Å²) in [5.74, 6) is 0.657. The number of amides is 1. The Balaban J connectivity index is 1.78. The van der Waals surface area contributed by atoms with Crippen LogP contribution in [0.2, 0.25) is 5.02 Å². The molecule has 0 unspecified atom stereocenters. The minimum atomic E-state index is -0.102. The molecule has 0 bridgehead atoms. The number of piperidine rings is 1. The molecule has 2 aliphatic rings. The number of anilines is 1. The highest BCUT2D eigenvalue weighted by atomic mass is 35.5. The van der Waals surface area contributed by atoms with E-state index in [0.717, 1.165) is 36.4 Å². The van der Waals surface area contributed by atoms with Gasteiger partial charge in [-0.1, -0.05) is 11.6 Å². The molecule has 1 aromatic carbocycles. The van der Waals surface area contributed by atoms with E-state index in [1.54, 1.807) is 6.07 Å². The van der Waals surface area contributed by atoms with Crippen molar-refractivity contribution in [3.8, 4) is 5.75 Å². The number of carbonyl (C=O) groups is 1. The molecule has 0 radical (unpaired) electrons. The number of rotatable bonds is 2. The predicted octanol–water partition coefficient (Wildman–Crippen LogP) is 1.95. The Morgan fingerprint density at radius 3 is 3.11 bits per heavy atom. The number of benzene rings is 1. The van der Waals surface area contributed by atoms with Crippen molar-refractivity contribution >= 4 is 28.9 Å². The molecule has 1 amide bonds. The Morgan fingerprint density at radius 1 is 1.37 bits per heavy atom. The van der Waals surface area contributed by atoms with Gasteiger partial charge in [-0.15, -0.1) is 0 Å². The number of halogens is 1. The maximum atomic E-state index is 11.5. The van der Waals surface area contributed by atoms with Gasteiger partial charge in [0.25, 0.3) is 5.91 Å². The van der Waals surface area contributed by atoms with Crippen molar-refractivity contribution in [1.29, 1.82) is 0 Å². The second-order valence-corrected chi connectivity index (χ2v) is 4.98. The van der Waals surface area contributed by atoms with E-state index in [-0.39, 0.29) is 5.91 Å². The molecule has 0 saturated carbocycles. The number of hydrogen-bond acceptors (Lipinski definition) is 4. The van der Waals surface area contributed by atoms with Crippen LogP contribution in [0.25, 0.3) is 0 Å². The summed E-state index contributed by atoms with van der Waals surface area (Å²) in [6.07, 6.45) is 2.47. The highest BCUT2D eigenvalue weighted by molar-refractivity contribution is 6.39. The van der Waals surface area contributed by atoms with Gasteiger partial charge in [0.05, 0.1) is 17.3 Å². The molecule has 0 aromatic heterocycles. The number of ether oxygens (including phenoxy) is 1. The van der Waals surface area contributed by atoms with Gasteiger partial charge in [-0.25, -0.2) is 0 Å². The lowest BCUT2D eigenvalue weighted by atomic mass is 10.1. The molecule has 1 saturated heterocycles. The van der Waals surface area contributed by atoms with Crippen LogP contribution < -0.4 is 15.5 Å². The maximum absolute atomic E-state index is 11.5. The highest BCUT2D eigenvalue weighted by Crippen LogP contribution is 2.36. The lowest BCUT2D eigenvalue weighted by Gasteiger charge is -2.14. The Hall–Kier alpha value is -1.75. The fourth-order valence-corrected chi connectivity index (χ4v) is 2.53. The summed E-state index contributed by atoms with van der Waals surface area (Å²) in [5.41, 5.74) is 5.28. The standard InChI is InChI=1S/C13H14ClN3O2/c14-10-7-9(6-8-3-5-19-12(8)10)16-17-11-2-1-4-15-13(11)18/h6-7,16H,1-5H2,(H,15,18)/b17-11-. The average Bonchev–Trinajstić information content (AvgIpc) is 2.87. The summed E-state index contributed by atoms with van der Waals surface area (Å²) in [4.78, 5) is 11.5. The van der Waals surface area contributed by atoms with Crippen LogP contribution in [0.15, 0.2) is 17.2 Å². The number of hydrazone groups is 1. The summed E-state index contributed by atoms with van der Waals surface area (Å²) >= 11 is 6.13. The molecule has 3 rings (SSSR count). The van der Waals surface area contributed by atoms with Crippen molar-refractivity contribution < 1.29 is 9.53 Å². The van der Waals surface area contributed by atoms with E-state index in [0.29, 0.717) is 23.8 Å². The average molecular weight is 280 g/mol. The number of hydrogen-bond donors (Lipinski definition) is 2. The van der Waals surface area contributed by atoms with E-state index in [1.165, 1.54) is 0 Å². The topological polar surface area (TPSA) is 62.7 Å². The first-order chi connectivity index (χ1) is 9.24. The van der Waals surface area contributed by atoms with Crippen LogP contribution in [0.5, 0.6) is 5.75 Å². The van der Waals surface area contributed by atoms with Crippen LogP contribution in [-0.4, -0.2) is 24.8 Å². The fraction of sp³-hybridized carbons (Fsp3) is 0.385. The lowest BCUT2D eigenvalue weighted by molar-refractivity contribution is -0.115. The monoisotopic (exact) mass is 279 g/mol. The van der Waals surface area contributed by atoms with Crippen molar-refractivity contribution in [3.63, 3.8) is 0 Å². The van der Waals surface area contributed by atoms with Gasteiger partial charge in [-0.05, 0) is 25.0 Å². The zero-order valence-corrected chi connectivity index (χ0v) is 11.1. The highest BCUT2D eigenvalue weighted by Gasteiger charge is 2.18. The van der Waals surface area contributed by atoms with Gasteiger partial charge < -0.3 is 10.1 Å². The van der Waals surface area contributed by atoms with E-state index in [2.05, 4.69) is 15.8 Å². The van der Waals surface area contributed by atoms with Crippen molar-refractivity contribution in [2.75, 3.05) is 18.6 Å². The number of fused-ring (bicyclic) bond motifs is 1. The minimum absolute atomic E-state index is 0.102. The number of carbonyl (C=O) groups excluding carboxylic acids is 1. The molecule has 6 heteroatoms. The summed E-state index contributed by atoms with van der Waals surface area (Å²) < 4.78 is 5.44. The van der Waals surface area contributed by atoms with Gasteiger partial charge >= 0.3 is 0 Å². The molecule has 19 heavy (non-hydrogen) atoms. The molecule has 1 aromatic rings. The third kappa shape index (κ3) is 2.51. The first-order valence-corrected chi connectivity index (χ1v) is 6.68. The van der Waals surface area contributed by atoms with Crippen LogP contribution >= 0.6 is 11.6 Å². The molecule has 0 aliphatic carbocycles. The summed E-state index contributed by atoms with van der Waals surface area (Å²) in [7, 11) is 0. The van der Waals surface area contributed by atoms with Gasteiger partial charge in [0.2, 0.25) is 0 Å². The van der Waals surface area contributed by atoms with Crippen LogP contribution in [0.4, 0.5) is 5.69 Å². The molecular weight excluding hydrogens is 266 g/mol. The van der Waals surface area contributed by atoms with Gasteiger partial charge in [0.1, 0.15) is 11.5 Å². The van der Waals surface area contributed by atoms with Gasteiger partial charge in [0, 0.05) is 18.5 Å². The normalized spacial score (nSPS) is 19.8. The largest absolute Gasteiger partial charge is 0.491 e. The van der Waals surface area contributed by atoms with Crippen LogP contribution in [0, 0.1) is 0 Å². The molecule has 2 aliphatic heterocycles. The van der Waals surface area contributed by atoms with E-state index in [4.69, 9.17) is 16.3 Å². The van der Waals surface area contributed by atoms with E-state index >= 15 is 0 Å². The van der Waals surface area contributed by atoms with Crippen LogP contribution in [-0.2, 0) is 11.2 Å². The molecule has 100 valence electrons. The van der Waals surface area contributed by atoms with Crippen molar-refractivity contribution in [2.24, 2.45) is 5.10 Å². The SMILES string of the molecule is O=C1NCCC/C1=N/Nc1cc(Cl)c2c(c1)CCO2. The fourth-order valence-electron chi connectivity index (χ4n) is 2.24. The Morgan fingerprint density at radius 2 is 2.26 bits per heavy atom. The molecule has 0 spiro atoms. The smallest absolute Gasteiger partial charge is 0.267 e. The predicted molar refractivity (Wildman–Crippen MR) is 74.0 cm³/mol. The Bertz CT molecular complexity index is 557. The Kier molecular flexibility index (Phi) is 3.29. The van der Waals surface area contributed by atoms with Crippen LogP contribution in [0.1, 0.15) is 18.4 Å². The third-order valence-electron chi connectivity index (χ3n) is 3.20. The molecule has 2 N–H and O–H groups in total. The second-order valence-electron chi connectivity index (χ2n) is 4.57. The van der Waals surface area contributed by atoms with Crippen LogP contribution in [0.3, 0.4) is 0 Å². The lowest BCUT2D eigenvalue weighted by Crippen LogP contribution is -2.37. The molecule has 5 nitrogen and oxygen atoms in total. The van der Waals surface area contributed by atoms with E-state index in [9.17, 15) is 4.79 Å². The van der Waals surface area contributed by atoms with Crippen molar-refractivity contribution in [3.05, 3.63) is 22.7 Å². The number of nitrogens with zero attached hydrogens (tertiary/aromatic N) is 1. The Labute approximate surface area is 116 Å². The summed E-state index contributed by atoms with van der Waals surface area (Å²) in [6, 6.07) is 3.72. The minimum Gasteiger partial charge on any atom is -0.491 e. The van der Waals surface area contributed by atoms with E-state index < -0.39 is 0 Å². The number of nitrogens with one attached hydrogen (secondary N) is 2. The molecule has 0 atom stereocenters. The van der Waals surface area contributed by atoms with Gasteiger partial charge in [-0.2, -0.15) is 5.10 Å². The van der Waals surface area contributed by atoms with Crippen molar-refractivity contribution in [2.45, 2.75) is 19.3 Å². The third-order valence-corrected chi connectivity index (χ3v) is 3.48. The summed E-state index contributed by atoms with van der Waals surface area (Å²) in [6.45, 7) is 1.38. The molecule has 1 fully saturated rings. The first-order valence-electron chi connectivity index (χ1n) is 6.30. The molecule has 2 heterocycles. The maximum Gasteiger partial charge on any atom is 0.267 e. The first kappa shape index (κ1) is 12.3. The zero-order valence-electron chi connectivity index (χ0n) is 10.3. The van der Waals surface area contributed by atoms with Crippen molar-refractivity contribution in [1.82, 2.24) is 5.32 Å². The molecular formula is C13H14ClN3O2. The quantitative estimate of drug-likeness (QED) is 0.814. The zero-order chi connectivity index (χ0) is 13.2. The van der Waals surface area contributed by atoms with E-state index in [1.807, 2.05) is 6.07 Å². The van der Waals surface area contributed by atoms with Gasteiger partial charge in [-0.3, -0.25) is 10.2 Å².